The number of aromatic nitrogens is 1. The zero-order chi connectivity index (χ0) is 30.2. The largest absolute Gasteiger partial charge is 0.350 e. The van der Waals surface area contributed by atoms with Crippen molar-refractivity contribution < 1.29 is 32.3 Å². The van der Waals surface area contributed by atoms with E-state index in [1.54, 1.807) is 16.7 Å². The number of ketones is 1. The fourth-order valence-electron chi connectivity index (χ4n) is 5.72. The van der Waals surface area contributed by atoms with E-state index < -0.39 is 36.1 Å². The summed E-state index contributed by atoms with van der Waals surface area (Å²) in [5.41, 5.74) is 1.22. The predicted octanol–water partition coefficient (Wildman–Crippen LogP) is 4.82. The molecule has 0 bridgehead atoms. The van der Waals surface area contributed by atoms with Crippen LogP contribution >= 0.6 is 11.6 Å². The second-order valence-corrected chi connectivity index (χ2v) is 11.2. The van der Waals surface area contributed by atoms with Crippen LogP contribution in [0.2, 0.25) is 5.02 Å². The van der Waals surface area contributed by atoms with Gasteiger partial charge < -0.3 is 19.7 Å². The maximum Gasteiger partial charge on any atom is 0.265 e. The first-order valence-electron chi connectivity index (χ1n) is 13.8. The third-order valence-corrected chi connectivity index (χ3v) is 8.15. The Bertz CT molecular complexity index is 1570. The number of likely N-dealkylation sites (tertiary alicyclic amines) is 2. The number of nitrogens with one attached hydrogen (secondary N) is 1. The number of hydrogen-bond donors (Lipinski definition) is 1. The van der Waals surface area contributed by atoms with E-state index in [0.717, 1.165) is 4.90 Å². The van der Waals surface area contributed by atoms with Gasteiger partial charge in [0.05, 0.1) is 11.6 Å². The van der Waals surface area contributed by atoms with Crippen LogP contribution in [0.5, 0.6) is 0 Å². The van der Waals surface area contributed by atoms with Crippen molar-refractivity contribution >= 4 is 46.0 Å². The summed E-state index contributed by atoms with van der Waals surface area (Å²) < 4.78 is 43.6. The number of nitrogens with zero attached hydrogens (tertiary/aromatic N) is 3. The molecule has 3 amide bonds. The van der Waals surface area contributed by atoms with E-state index >= 15 is 0 Å². The van der Waals surface area contributed by atoms with Crippen LogP contribution in [0.15, 0.2) is 42.6 Å². The van der Waals surface area contributed by atoms with Crippen LogP contribution in [0, 0.1) is 5.82 Å². The second-order valence-electron chi connectivity index (χ2n) is 10.8. The normalized spacial score (nSPS) is 18.4. The Balaban J connectivity index is 1.32. The minimum atomic E-state index is -2.94. The number of rotatable bonds is 7. The van der Waals surface area contributed by atoms with E-state index in [4.69, 9.17) is 11.6 Å². The van der Waals surface area contributed by atoms with Gasteiger partial charge in [0.2, 0.25) is 11.8 Å². The average Bonchev–Trinajstić information content (AvgIpc) is 3.58. The number of carbonyl (C=O) groups excluding carboxylic acids is 4. The highest BCUT2D eigenvalue weighted by Crippen LogP contribution is 2.29. The van der Waals surface area contributed by atoms with E-state index in [9.17, 15) is 32.3 Å². The summed E-state index contributed by atoms with van der Waals surface area (Å²) in [6.45, 7) is 1.05. The topological polar surface area (TPSA) is 91.7 Å². The number of benzene rings is 2. The van der Waals surface area contributed by atoms with E-state index in [-0.39, 0.29) is 65.9 Å². The van der Waals surface area contributed by atoms with Gasteiger partial charge in [-0.1, -0.05) is 23.7 Å². The average molecular weight is 603 g/mol. The minimum Gasteiger partial charge on any atom is -0.350 e. The Morgan fingerprint density at radius 3 is 2.62 bits per heavy atom. The van der Waals surface area contributed by atoms with Gasteiger partial charge in [0, 0.05) is 59.8 Å². The molecule has 2 fully saturated rings. The maximum atomic E-state index is 14.2. The summed E-state index contributed by atoms with van der Waals surface area (Å²) in [7, 11) is 0. The van der Waals surface area contributed by atoms with Crippen molar-refractivity contribution in [3.63, 3.8) is 0 Å². The molecule has 0 spiro atoms. The van der Waals surface area contributed by atoms with Crippen molar-refractivity contribution in [1.29, 1.82) is 0 Å². The Hall–Kier alpha value is -3.86. The zero-order valence-corrected chi connectivity index (χ0v) is 23.7. The van der Waals surface area contributed by atoms with Crippen LogP contribution in [-0.4, -0.2) is 69.5 Å². The fourth-order valence-corrected chi connectivity index (χ4v) is 5.92. The van der Waals surface area contributed by atoms with Crippen LogP contribution < -0.4 is 5.32 Å². The van der Waals surface area contributed by atoms with E-state index in [1.807, 2.05) is 0 Å². The highest BCUT2D eigenvalue weighted by molar-refractivity contribution is 6.30. The number of carbonyl (C=O) groups is 4. The molecule has 2 aliphatic rings. The Morgan fingerprint density at radius 1 is 1.10 bits per heavy atom. The summed E-state index contributed by atoms with van der Waals surface area (Å²) in [6.07, 6.45) is 2.52. The Morgan fingerprint density at radius 2 is 1.88 bits per heavy atom. The van der Waals surface area contributed by atoms with Crippen molar-refractivity contribution in [2.24, 2.45) is 0 Å². The van der Waals surface area contributed by atoms with Crippen LogP contribution in [0.3, 0.4) is 0 Å². The monoisotopic (exact) mass is 602 g/mol. The smallest absolute Gasteiger partial charge is 0.265 e. The SMILES string of the molecule is CC(=O)c1cn(CC(=O)N2CCC[C@H]2C(=O)NCc2cccc(Cl)c2F)c2ccc(C(=O)N3CCCC(F)(F)C3)cc12. The number of piperidine rings is 1. The predicted molar refractivity (Wildman–Crippen MR) is 150 cm³/mol. The highest BCUT2D eigenvalue weighted by atomic mass is 35.5. The van der Waals surface area contributed by atoms with Gasteiger partial charge in [0.15, 0.2) is 5.78 Å². The van der Waals surface area contributed by atoms with Gasteiger partial charge in [-0.05, 0) is 50.5 Å². The summed E-state index contributed by atoms with van der Waals surface area (Å²) in [6, 6.07) is 8.38. The molecule has 2 aromatic carbocycles. The third kappa shape index (κ3) is 6.01. The van der Waals surface area contributed by atoms with Crippen LogP contribution in [0.1, 0.15) is 58.9 Å². The number of fused-ring (bicyclic) bond motifs is 1. The molecule has 2 saturated heterocycles. The number of alkyl halides is 2. The van der Waals surface area contributed by atoms with Crippen molar-refractivity contribution in [1.82, 2.24) is 19.7 Å². The molecule has 3 aromatic rings. The molecule has 8 nitrogen and oxygen atoms in total. The molecular formula is C30H30ClF3N4O4. The standard InChI is InChI=1S/C30H30ClF3N4O4/c1-18(39)22-15-37(24-9-8-19(13-21(22)24)29(42)36-11-4-10-30(33,34)17-36)16-26(40)38-12-3-7-25(38)28(41)35-14-20-5-2-6-23(31)27(20)32/h2,5-6,8-9,13,15,25H,3-4,7,10-12,14,16-17H2,1H3,(H,35,41)/t25-/m0/s1. The van der Waals surface area contributed by atoms with Gasteiger partial charge in [-0.25, -0.2) is 13.2 Å². The first-order chi connectivity index (χ1) is 19.9. The van der Waals surface area contributed by atoms with Gasteiger partial charge >= 0.3 is 0 Å². The van der Waals surface area contributed by atoms with E-state index in [0.29, 0.717) is 30.3 Å². The van der Waals surface area contributed by atoms with Crippen molar-refractivity contribution in [2.45, 2.75) is 57.7 Å². The summed E-state index contributed by atoms with van der Waals surface area (Å²) in [4.78, 5) is 54.4. The molecular weight excluding hydrogens is 573 g/mol. The lowest BCUT2D eigenvalue weighted by molar-refractivity contribution is -0.138. The Kier molecular flexibility index (Phi) is 8.32. The molecule has 0 unspecified atom stereocenters. The number of amides is 3. The minimum absolute atomic E-state index is 0.0483. The van der Waals surface area contributed by atoms with Crippen LogP contribution in [0.4, 0.5) is 13.2 Å². The van der Waals surface area contributed by atoms with Crippen molar-refractivity contribution in [3.8, 4) is 0 Å². The second kappa shape index (κ2) is 11.8. The summed E-state index contributed by atoms with van der Waals surface area (Å²) >= 11 is 5.82. The molecule has 1 N–H and O–H groups in total. The van der Waals surface area contributed by atoms with Gasteiger partial charge in [0.25, 0.3) is 11.8 Å². The van der Waals surface area contributed by atoms with E-state index in [2.05, 4.69) is 5.32 Å². The van der Waals surface area contributed by atoms with Gasteiger partial charge in [0.1, 0.15) is 18.4 Å². The molecule has 0 saturated carbocycles. The van der Waals surface area contributed by atoms with Gasteiger partial charge in [-0.3, -0.25) is 19.2 Å². The van der Waals surface area contributed by atoms with Gasteiger partial charge in [-0.15, -0.1) is 0 Å². The zero-order valence-electron chi connectivity index (χ0n) is 23.0. The molecule has 1 atom stereocenters. The van der Waals surface area contributed by atoms with Crippen molar-refractivity contribution in [2.75, 3.05) is 19.6 Å². The third-order valence-electron chi connectivity index (χ3n) is 7.85. The fraction of sp³-hybridized carbons (Fsp3) is 0.400. The molecule has 222 valence electrons. The Labute approximate surface area is 245 Å². The molecule has 3 heterocycles. The van der Waals surface area contributed by atoms with Crippen LogP contribution in [0.25, 0.3) is 10.9 Å². The lowest BCUT2D eigenvalue weighted by Crippen LogP contribution is -2.46. The molecule has 42 heavy (non-hydrogen) atoms. The quantitative estimate of drug-likeness (QED) is 0.393. The lowest BCUT2D eigenvalue weighted by Gasteiger charge is -2.32. The number of halogens is 4. The van der Waals surface area contributed by atoms with Gasteiger partial charge in [-0.2, -0.15) is 0 Å². The van der Waals surface area contributed by atoms with E-state index in [1.165, 1.54) is 42.3 Å². The highest BCUT2D eigenvalue weighted by Gasteiger charge is 2.38. The molecule has 5 rings (SSSR count). The summed E-state index contributed by atoms with van der Waals surface area (Å²) in [5.74, 6) is -5.14. The molecule has 2 aliphatic heterocycles. The number of hydrogen-bond acceptors (Lipinski definition) is 4. The first-order valence-corrected chi connectivity index (χ1v) is 14.1. The molecule has 0 aliphatic carbocycles. The lowest BCUT2D eigenvalue weighted by atomic mass is 10.0. The number of Topliss-reactive ketones (excluding diaryl/α,β-unsaturated/α-hetero) is 1. The van der Waals surface area contributed by atoms with Crippen LogP contribution in [-0.2, 0) is 22.7 Å². The molecule has 12 heteroatoms. The summed E-state index contributed by atoms with van der Waals surface area (Å²) in [5, 5.41) is 3.08. The first kappa shape index (κ1) is 29.6. The molecule has 1 aromatic heterocycles. The van der Waals surface area contributed by atoms with Crippen molar-refractivity contribution in [3.05, 3.63) is 70.1 Å². The maximum absolute atomic E-state index is 14.2. The molecule has 0 radical (unpaired) electrons.